The van der Waals surface area contributed by atoms with E-state index in [2.05, 4.69) is 13.8 Å². The van der Waals surface area contributed by atoms with Crippen LogP contribution in [0.1, 0.15) is 52.4 Å². The minimum atomic E-state index is -3.52. The van der Waals surface area contributed by atoms with Gasteiger partial charge in [-0.05, 0) is 25.0 Å². The lowest BCUT2D eigenvalue weighted by Crippen LogP contribution is -2.33. The maximum Gasteiger partial charge on any atom is 0.243 e. The van der Waals surface area contributed by atoms with Crippen LogP contribution in [0.2, 0.25) is 0 Å². The van der Waals surface area contributed by atoms with Crippen LogP contribution in [0.3, 0.4) is 0 Å². The predicted molar refractivity (Wildman–Crippen MR) is 97.4 cm³/mol. The van der Waals surface area contributed by atoms with Crippen molar-refractivity contribution in [1.29, 1.82) is 0 Å². The van der Waals surface area contributed by atoms with Crippen LogP contribution in [0, 0.1) is 0 Å². The number of hydrogen-bond donors (Lipinski definition) is 0. The molecule has 1 aromatic rings. The number of nitrogens with zero attached hydrogens (tertiary/aromatic N) is 1. The summed E-state index contributed by atoms with van der Waals surface area (Å²) in [5.41, 5.74) is 0. The second-order valence-corrected chi connectivity index (χ2v) is 7.77. The summed E-state index contributed by atoms with van der Waals surface area (Å²) < 4.78 is 38.1. The number of methoxy groups -OCH3 is 2. The van der Waals surface area contributed by atoms with Gasteiger partial charge in [0.05, 0.1) is 19.1 Å². The predicted octanol–water partition coefficient (Wildman–Crippen LogP) is 4.07. The van der Waals surface area contributed by atoms with Gasteiger partial charge in [0, 0.05) is 19.2 Å². The van der Waals surface area contributed by atoms with Crippen LogP contribution in [0.5, 0.6) is 11.5 Å². The minimum Gasteiger partial charge on any atom is -0.493 e. The lowest BCUT2D eigenvalue weighted by Gasteiger charge is -2.22. The monoisotopic (exact) mass is 357 g/mol. The van der Waals surface area contributed by atoms with Gasteiger partial charge in [0.2, 0.25) is 10.0 Å². The molecule has 0 radical (unpaired) electrons. The Morgan fingerprint density at radius 3 is 1.88 bits per heavy atom. The van der Waals surface area contributed by atoms with Crippen molar-refractivity contribution in [3.63, 3.8) is 0 Å². The van der Waals surface area contributed by atoms with E-state index >= 15 is 0 Å². The van der Waals surface area contributed by atoms with Gasteiger partial charge < -0.3 is 9.47 Å². The fourth-order valence-corrected chi connectivity index (χ4v) is 4.09. The summed E-state index contributed by atoms with van der Waals surface area (Å²) in [6, 6.07) is 4.77. The summed E-state index contributed by atoms with van der Waals surface area (Å²) in [6.45, 7) is 5.36. The molecule has 5 nitrogen and oxygen atoms in total. The van der Waals surface area contributed by atoms with Crippen molar-refractivity contribution in [1.82, 2.24) is 4.31 Å². The minimum absolute atomic E-state index is 0.258. The van der Waals surface area contributed by atoms with Crippen LogP contribution in [0.25, 0.3) is 0 Å². The number of unbranched alkanes of at least 4 members (excludes halogenated alkanes) is 4. The van der Waals surface area contributed by atoms with Crippen LogP contribution in [-0.2, 0) is 10.0 Å². The van der Waals surface area contributed by atoms with Crippen molar-refractivity contribution in [2.45, 2.75) is 57.3 Å². The van der Waals surface area contributed by atoms with Crippen LogP contribution >= 0.6 is 0 Å². The van der Waals surface area contributed by atoms with E-state index in [4.69, 9.17) is 9.47 Å². The number of ether oxygens (including phenoxy) is 2. The third-order valence-corrected chi connectivity index (χ3v) is 5.91. The summed E-state index contributed by atoms with van der Waals surface area (Å²) in [6.07, 6.45) is 5.97. The summed E-state index contributed by atoms with van der Waals surface area (Å²) in [5, 5.41) is 0. The largest absolute Gasteiger partial charge is 0.493 e. The first-order valence-corrected chi connectivity index (χ1v) is 10.2. The van der Waals surface area contributed by atoms with Gasteiger partial charge in [0.1, 0.15) is 0 Å². The number of benzene rings is 1. The van der Waals surface area contributed by atoms with Gasteiger partial charge in [-0.25, -0.2) is 8.42 Å². The normalized spacial score (nSPS) is 11.7. The summed E-state index contributed by atoms with van der Waals surface area (Å²) in [5.74, 6) is 0.959. The van der Waals surface area contributed by atoms with Crippen molar-refractivity contribution in [2.75, 3.05) is 27.3 Å². The lowest BCUT2D eigenvalue weighted by atomic mass is 10.2. The van der Waals surface area contributed by atoms with Crippen molar-refractivity contribution < 1.29 is 17.9 Å². The van der Waals surface area contributed by atoms with Crippen molar-refractivity contribution in [2.24, 2.45) is 0 Å². The molecule has 0 saturated carbocycles. The van der Waals surface area contributed by atoms with Crippen LogP contribution in [0.4, 0.5) is 0 Å². The van der Waals surface area contributed by atoms with E-state index in [1.54, 1.807) is 22.5 Å². The van der Waals surface area contributed by atoms with Gasteiger partial charge in [-0.3, -0.25) is 0 Å². The highest BCUT2D eigenvalue weighted by atomic mass is 32.2. The molecule has 0 fully saturated rings. The number of sulfonamides is 1. The Labute approximate surface area is 147 Å². The zero-order valence-corrected chi connectivity index (χ0v) is 16.2. The Morgan fingerprint density at radius 2 is 1.42 bits per heavy atom. The Hall–Kier alpha value is -1.27. The molecule has 0 bridgehead atoms. The molecule has 0 spiro atoms. The zero-order valence-electron chi connectivity index (χ0n) is 15.4. The van der Waals surface area contributed by atoms with E-state index < -0.39 is 10.0 Å². The highest BCUT2D eigenvalue weighted by molar-refractivity contribution is 7.89. The Morgan fingerprint density at radius 1 is 0.875 bits per heavy atom. The number of hydrogen-bond acceptors (Lipinski definition) is 4. The van der Waals surface area contributed by atoms with E-state index in [-0.39, 0.29) is 4.90 Å². The van der Waals surface area contributed by atoms with Gasteiger partial charge >= 0.3 is 0 Å². The first kappa shape index (κ1) is 20.8. The van der Waals surface area contributed by atoms with Gasteiger partial charge in [0.25, 0.3) is 0 Å². The fraction of sp³-hybridized carbons (Fsp3) is 0.667. The van der Waals surface area contributed by atoms with E-state index in [1.807, 2.05) is 0 Å². The molecular formula is C18H31NO4S. The molecule has 138 valence electrons. The second-order valence-electron chi connectivity index (χ2n) is 5.84. The molecule has 0 atom stereocenters. The molecule has 0 saturated heterocycles. The van der Waals surface area contributed by atoms with Crippen molar-refractivity contribution in [3.8, 4) is 11.5 Å². The average Bonchev–Trinajstić information content (AvgIpc) is 2.59. The molecule has 1 aromatic carbocycles. The first-order valence-electron chi connectivity index (χ1n) is 8.73. The molecule has 0 aromatic heterocycles. The molecule has 0 amide bonds. The molecule has 0 heterocycles. The van der Waals surface area contributed by atoms with Crippen LogP contribution < -0.4 is 9.47 Å². The van der Waals surface area contributed by atoms with E-state index in [0.29, 0.717) is 24.6 Å². The summed E-state index contributed by atoms with van der Waals surface area (Å²) in [4.78, 5) is 0.258. The highest BCUT2D eigenvalue weighted by Crippen LogP contribution is 2.30. The molecule has 0 aliphatic heterocycles. The summed E-state index contributed by atoms with van der Waals surface area (Å²) in [7, 11) is -0.478. The SMILES string of the molecule is CCCCCN(CCCCC)S(=O)(=O)c1ccc(OC)c(OC)c1. The van der Waals surface area contributed by atoms with Crippen LogP contribution in [-0.4, -0.2) is 40.0 Å². The van der Waals surface area contributed by atoms with Gasteiger partial charge in [-0.2, -0.15) is 4.31 Å². The fourth-order valence-electron chi connectivity index (χ4n) is 2.55. The Balaban J connectivity index is 3.04. The van der Waals surface area contributed by atoms with E-state index in [9.17, 15) is 8.42 Å². The molecule has 0 aliphatic carbocycles. The van der Waals surface area contributed by atoms with E-state index in [0.717, 1.165) is 38.5 Å². The Bertz CT molecular complexity index is 577. The van der Waals surface area contributed by atoms with Gasteiger partial charge in [-0.1, -0.05) is 39.5 Å². The number of rotatable bonds is 12. The smallest absolute Gasteiger partial charge is 0.243 e. The third kappa shape index (κ3) is 5.67. The molecule has 0 unspecified atom stereocenters. The van der Waals surface area contributed by atoms with Crippen molar-refractivity contribution in [3.05, 3.63) is 18.2 Å². The third-order valence-electron chi connectivity index (χ3n) is 4.01. The van der Waals surface area contributed by atoms with E-state index in [1.165, 1.54) is 14.2 Å². The van der Waals surface area contributed by atoms with Crippen molar-refractivity contribution >= 4 is 10.0 Å². The molecular weight excluding hydrogens is 326 g/mol. The van der Waals surface area contributed by atoms with Crippen LogP contribution in [0.15, 0.2) is 23.1 Å². The van der Waals surface area contributed by atoms with Gasteiger partial charge in [-0.15, -0.1) is 0 Å². The average molecular weight is 358 g/mol. The molecule has 1 rings (SSSR count). The highest BCUT2D eigenvalue weighted by Gasteiger charge is 2.25. The lowest BCUT2D eigenvalue weighted by molar-refractivity contribution is 0.353. The quantitative estimate of drug-likeness (QED) is 0.529. The molecule has 6 heteroatoms. The first-order chi connectivity index (χ1) is 11.5. The summed E-state index contributed by atoms with van der Waals surface area (Å²) >= 11 is 0. The standard InChI is InChI=1S/C18H31NO4S/c1-5-7-9-13-19(14-10-8-6-2)24(20,21)16-11-12-17(22-3)18(15-16)23-4/h11-12,15H,5-10,13-14H2,1-4H3. The maximum absolute atomic E-state index is 13.0. The Kier molecular flexibility index (Phi) is 9.14. The van der Waals surface area contributed by atoms with Gasteiger partial charge in [0.15, 0.2) is 11.5 Å². The zero-order chi connectivity index (χ0) is 18.0. The molecule has 0 aliphatic rings. The topological polar surface area (TPSA) is 55.8 Å². The second kappa shape index (κ2) is 10.6. The molecule has 24 heavy (non-hydrogen) atoms. The molecule has 0 N–H and O–H groups in total. The maximum atomic E-state index is 13.0.